The van der Waals surface area contributed by atoms with E-state index in [1.165, 1.54) is 18.2 Å². The summed E-state index contributed by atoms with van der Waals surface area (Å²) in [4.78, 5) is 12.7. The second-order valence-electron chi connectivity index (χ2n) is 7.55. The number of nitrogens with zero attached hydrogens (tertiary/aromatic N) is 1. The van der Waals surface area contributed by atoms with Gasteiger partial charge in [0, 0.05) is 5.69 Å². The Morgan fingerprint density at radius 1 is 1.15 bits per heavy atom. The average molecular weight is 479 g/mol. The number of hydrogen-bond acceptors (Lipinski definition) is 4. The molecule has 0 spiro atoms. The fourth-order valence-electron chi connectivity index (χ4n) is 3.20. The number of carbonyl (C=O) groups excluding carboxylic acids is 1. The minimum atomic E-state index is -0.526. The minimum absolute atomic E-state index is 0.0839. The fourth-order valence-corrected chi connectivity index (χ4v) is 3.48. The SMILES string of the molecule is CCOc1cc(/C=C(\C#N)C(=O)Nc2cccc(C)c2C)cc(Cl)c1OCc1ccc(F)cc1. The Morgan fingerprint density at radius 3 is 2.56 bits per heavy atom. The third-order valence-corrected chi connectivity index (χ3v) is 5.44. The topological polar surface area (TPSA) is 71.3 Å². The van der Waals surface area contributed by atoms with Crippen LogP contribution in [-0.2, 0) is 11.4 Å². The van der Waals surface area contributed by atoms with Crippen LogP contribution in [0.4, 0.5) is 10.1 Å². The highest BCUT2D eigenvalue weighted by Crippen LogP contribution is 2.38. The zero-order chi connectivity index (χ0) is 24.7. The molecule has 0 heterocycles. The maximum absolute atomic E-state index is 13.1. The van der Waals surface area contributed by atoms with Gasteiger partial charge in [0.15, 0.2) is 11.5 Å². The number of halogens is 2. The second-order valence-corrected chi connectivity index (χ2v) is 7.96. The van der Waals surface area contributed by atoms with E-state index in [-0.39, 0.29) is 23.0 Å². The van der Waals surface area contributed by atoms with Gasteiger partial charge in [0.2, 0.25) is 0 Å². The van der Waals surface area contributed by atoms with E-state index in [4.69, 9.17) is 21.1 Å². The maximum atomic E-state index is 13.1. The highest BCUT2D eigenvalue weighted by Gasteiger charge is 2.16. The van der Waals surface area contributed by atoms with Gasteiger partial charge in [-0.05, 0) is 79.4 Å². The number of carbonyl (C=O) groups is 1. The Hall–Kier alpha value is -3.82. The van der Waals surface area contributed by atoms with Crippen molar-refractivity contribution in [3.8, 4) is 17.6 Å². The first-order valence-electron chi connectivity index (χ1n) is 10.6. The number of ether oxygens (including phenoxy) is 2. The lowest BCUT2D eigenvalue weighted by atomic mass is 10.1. The Morgan fingerprint density at radius 2 is 1.88 bits per heavy atom. The molecule has 0 aliphatic carbocycles. The molecule has 0 fully saturated rings. The number of nitrogens with one attached hydrogen (secondary N) is 1. The van der Waals surface area contributed by atoms with E-state index in [0.29, 0.717) is 29.4 Å². The van der Waals surface area contributed by atoms with Crippen LogP contribution in [0.5, 0.6) is 11.5 Å². The summed E-state index contributed by atoms with van der Waals surface area (Å²) in [5.41, 5.74) is 3.79. The number of hydrogen-bond donors (Lipinski definition) is 1. The second kappa shape index (κ2) is 11.4. The van der Waals surface area contributed by atoms with E-state index in [1.807, 2.05) is 39.0 Å². The van der Waals surface area contributed by atoms with Gasteiger partial charge in [-0.2, -0.15) is 5.26 Å². The van der Waals surface area contributed by atoms with Crippen LogP contribution in [0.3, 0.4) is 0 Å². The number of benzene rings is 3. The lowest BCUT2D eigenvalue weighted by Crippen LogP contribution is -2.14. The summed E-state index contributed by atoms with van der Waals surface area (Å²) in [7, 11) is 0. The highest BCUT2D eigenvalue weighted by atomic mass is 35.5. The monoisotopic (exact) mass is 478 g/mol. The summed E-state index contributed by atoms with van der Waals surface area (Å²) in [5.74, 6) is -0.163. The molecule has 3 rings (SSSR count). The predicted molar refractivity (Wildman–Crippen MR) is 131 cm³/mol. The van der Waals surface area contributed by atoms with Crippen LogP contribution in [0, 0.1) is 31.0 Å². The summed E-state index contributed by atoms with van der Waals surface area (Å²) < 4.78 is 24.7. The molecular weight excluding hydrogens is 455 g/mol. The zero-order valence-electron chi connectivity index (χ0n) is 19.1. The van der Waals surface area contributed by atoms with Crippen LogP contribution in [0.2, 0.25) is 5.02 Å². The molecule has 0 unspecified atom stereocenters. The lowest BCUT2D eigenvalue weighted by molar-refractivity contribution is -0.112. The standard InChI is InChI=1S/C27H24ClFN2O3/c1-4-33-25-14-20(13-23(28)26(25)34-16-19-8-10-22(29)11-9-19)12-21(15-30)27(32)31-24-7-5-6-17(2)18(24)3/h5-14H,4,16H2,1-3H3,(H,31,32)/b21-12+. The summed E-state index contributed by atoms with van der Waals surface area (Å²) in [6.45, 7) is 6.19. The molecule has 174 valence electrons. The summed E-state index contributed by atoms with van der Waals surface area (Å²) >= 11 is 6.46. The molecule has 0 aliphatic heterocycles. The van der Waals surface area contributed by atoms with Crippen LogP contribution in [0.25, 0.3) is 6.08 Å². The first kappa shape index (κ1) is 24.8. The van der Waals surface area contributed by atoms with Gasteiger partial charge in [-0.1, -0.05) is 35.9 Å². The van der Waals surface area contributed by atoms with Crippen molar-refractivity contribution in [1.82, 2.24) is 0 Å². The van der Waals surface area contributed by atoms with E-state index in [2.05, 4.69) is 5.32 Å². The van der Waals surface area contributed by atoms with Crippen molar-refractivity contribution >= 4 is 29.3 Å². The fraction of sp³-hybridized carbons (Fsp3) is 0.185. The van der Waals surface area contributed by atoms with Crippen molar-refractivity contribution in [2.75, 3.05) is 11.9 Å². The molecule has 1 N–H and O–H groups in total. The van der Waals surface area contributed by atoms with Crippen LogP contribution >= 0.6 is 11.6 Å². The normalized spacial score (nSPS) is 11.0. The van der Waals surface area contributed by atoms with Crippen molar-refractivity contribution in [3.05, 3.63) is 93.3 Å². The Kier molecular flexibility index (Phi) is 8.29. The molecule has 3 aromatic carbocycles. The highest BCUT2D eigenvalue weighted by molar-refractivity contribution is 6.32. The lowest BCUT2D eigenvalue weighted by Gasteiger charge is -2.15. The third kappa shape index (κ3) is 6.15. The average Bonchev–Trinajstić information content (AvgIpc) is 2.81. The molecule has 0 atom stereocenters. The molecule has 1 amide bonds. The van der Waals surface area contributed by atoms with Gasteiger partial charge in [-0.3, -0.25) is 4.79 Å². The Labute approximate surface area is 203 Å². The van der Waals surface area contributed by atoms with Gasteiger partial charge in [0.1, 0.15) is 24.1 Å². The van der Waals surface area contributed by atoms with E-state index >= 15 is 0 Å². The molecule has 34 heavy (non-hydrogen) atoms. The Balaban J connectivity index is 1.86. The Bertz CT molecular complexity index is 1260. The van der Waals surface area contributed by atoms with Crippen LogP contribution in [0.15, 0.2) is 60.2 Å². The van der Waals surface area contributed by atoms with Crippen molar-refractivity contribution in [3.63, 3.8) is 0 Å². The molecule has 0 saturated carbocycles. The van der Waals surface area contributed by atoms with Crippen LogP contribution in [0.1, 0.15) is 29.2 Å². The molecule has 0 bridgehead atoms. The molecule has 0 aromatic heterocycles. The van der Waals surface area contributed by atoms with Crippen molar-refractivity contribution in [2.45, 2.75) is 27.4 Å². The number of aryl methyl sites for hydroxylation is 1. The van der Waals surface area contributed by atoms with Gasteiger partial charge < -0.3 is 14.8 Å². The van der Waals surface area contributed by atoms with Gasteiger partial charge in [-0.15, -0.1) is 0 Å². The summed E-state index contributed by atoms with van der Waals surface area (Å²) in [5, 5.41) is 12.6. The van der Waals surface area contributed by atoms with Gasteiger partial charge in [0.25, 0.3) is 5.91 Å². The van der Waals surface area contributed by atoms with Gasteiger partial charge in [0.05, 0.1) is 11.6 Å². The number of amides is 1. The first-order valence-corrected chi connectivity index (χ1v) is 11.0. The predicted octanol–water partition coefficient (Wildman–Crippen LogP) is 6.62. The van der Waals surface area contributed by atoms with E-state index in [9.17, 15) is 14.4 Å². The zero-order valence-corrected chi connectivity index (χ0v) is 19.9. The first-order chi connectivity index (χ1) is 16.3. The summed E-state index contributed by atoms with van der Waals surface area (Å²) in [6, 6.07) is 16.7. The van der Waals surface area contributed by atoms with E-state index in [0.717, 1.165) is 16.7 Å². The number of anilines is 1. The molecule has 7 heteroatoms. The molecular formula is C27H24ClFN2O3. The minimum Gasteiger partial charge on any atom is -0.490 e. The number of nitriles is 1. The molecule has 0 radical (unpaired) electrons. The smallest absolute Gasteiger partial charge is 0.266 e. The molecule has 0 saturated heterocycles. The maximum Gasteiger partial charge on any atom is 0.266 e. The van der Waals surface area contributed by atoms with Crippen LogP contribution in [-0.4, -0.2) is 12.5 Å². The van der Waals surface area contributed by atoms with Crippen LogP contribution < -0.4 is 14.8 Å². The number of rotatable bonds is 8. The van der Waals surface area contributed by atoms with E-state index < -0.39 is 5.91 Å². The molecule has 0 aliphatic rings. The van der Waals surface area contributed by atoms with Crippen molar-refractivity contribution < 1.29 is 18.7 Å². The largest absolute Gasteiger partial charge is 0.490 e. The van der Waals surface area contributed by atoms with Gasteiger partial charge >= 0.3 is 0 Å². The van der Waals surface area contributed by atoms with Crippen molar-refractivity contribution in [1.29, 1.82) is 5.26 Å². The quantitative estimate of drug-likeness (QED) is 0.292. The third-order valence-electron chi connectivity index (χ3n) is 5.16. The van der Waals surface area contributed by atoms with E-state index in [1.54, 1.807) is 30.3 Å². The van der Waals surface area contributed by atoms with Crippen molar-refractivity contribution in [2.24, 2.45) is 0 Å². The van der Waals surface area contributed by atoms with Gasteiger partial charge in [-0.25, -0.2) is 4.39 Å². The molecule has 3 aromatic rings. The molecule has 5 nitrogen and oxygen atoms in total. The summed E-state index contributed by atoms with van der Waals surface area (Å²) in [6.07, 6.45) is 1.44.